The van der Waals surface area contributed by atoms with Gasteiger partial charge in [0.1, 0.15) is 5.82 Å². The highest BCUT2D eigenvalue weighted by Crippen LogP contribution is 2.12. The van der Waals surface area contributed by atoms with Crippen molar-refractivity contribution in [2.75, 3.05) is 19.0 Å². The number of benzene rings is 1. The maximum Gasteiger partial charge on any atom is 0.122 e. The quantitative estimate of drug-likeness (QED) is 0.841. The van der Waals surface area contributed by atoms with Gasteiger partial charge in [0.05, 0.1) is 6.54 Å². The number of hydrogen-bond acceptors (Lipinski definition) is 3. The first kappa shape index (κ1) is 14.6. The van der Waals surface area contributed by atoms with Crippen molar-refractivity contribution in [2.24, 2.45) is 0 Å². The summed E-state index contributed by atoms with van der Waals surface area (Å²) >= 11 is 0. The zero-order chi connectivity index (χ0) is 14.4. The minimum atomic E-state index is 0.808. The van der Waals surface area contributed by atoms with Gasteiger partial charge in [0, 0.05) is 45.3 Å². The third-order valence-electron chi connectivity index (χ3n) is 3.33. The van der Waals surface area contributed by atoms with E-state index in [-0.39, 0.29) is 0 Å². The first-order chi connectivity index (χ1) is 9.70. The molecule has 0 aliphatic heterocycles. The van der Waals surface area contributed by atoms with E-state index in [4.69, 9.17) is 0 Å². The van der Waals surface area contributed by atoms with Gasteiger partial charge in [-0.15, -0.1) is 0 Å². The fourth-order valence-electron chi connectivity index (χ4n) is 2.18. The van der Waals surface area contributed by atoms with E-state index in [1.807, 2.05) is 12.4 Å². The number of aryl methyl sites for hydroxylation is 1. The van der Waals surface area contributed by atoms with Crippen LogP contribution in [0.4, 0.5) is 5.69 Å². The standard InChI is InChI=1S/C16H24N4/c1-4-10-20-11-9-18-16(20)13-17-12-14-5-7-15(8-6-14)19(2)3/h5-9,11,17H,4,10,12-13H2,1-3H3. The zero-order valence-corrected chi connectivity index (χ0v) is 12.6. The predicted molar refractivity (Wildman–Crippen MR) is 83.8 cm³/mol. The third-order valence-corrected chi connectivity index (χ3v) is 3.33. The van der Waals surface area contributed by atoms with Gasteiger partial charge in [-0.1, -0.05) is 19.1 Å². The van der Waals surface area contributed by atoms with E-state index in [1.165, 1.54) is 11.3 Å². The van der Waals surface area contributed by atoms with E-state index < -0.39 is 0 Å². The van der Waals surface area contributed by atoms with E-state index >= 15 is 0 Å². The smallest absolute Gasteiger partial charge is 0.122 e. The number of hydrogen-bond donors (Lipinski definition) is 1. The molecule has 1 heterocycles. The molecule has 0 fully saturated rings. The van der Waals surface area contributed by atoms with Crippen molar-refractivity contribution < 1.29 is 0 Å². The molecule has 0 aliphatic rings. The number of nitrogens with zero attached hydrogens (tertiary/aromatic N) is 3. The molecule has 1 aromatic heterocycles. The molecule has 0 atom stereocenters. The van der Waals surface area contributed by atoms with Crippen molar-refractivity contribution in [3.63, 3.8) is 0 Å². The topological polar surface area (TPSA) is 33.1 Å². The lowest BCUT2D eigenvalue weighted by Crippen LogP contribution is -2.17. The number of imidazole rings is 1. The van der Waals surface area contributed by atoms with Crippen LogP contribution in [0, 0.1) is 0 Å². The average molecular weight is 272 g/mol. The maximum absolute atomic E-state index is 4.40. The van der Waals surface area contributed by atoms with Crippen molar-refractivity contribution in [1.29, 1.82) is 0 Å². The number of anilines is 1. The molecule has 108 valence electrons. The molecule has 2 aromatic rings. The van der Waals surface area contributed by atoms with E-state index in [0.29, 0.717) is 0 Å². The summed E-state index contributed by atoms with van der Waals surface area (Å²) < 4.78 is 2.21. The number of aromatic nitrogens is 2. The Kier molecular flexibility index (Phi) is 5.18. The molecule has 4 heteroatoms. The van der Waals surface area contributed by atoms with Crippen LogP contribution in [0.5, 0.6) is 0 Å². The van der Waals surface area contributed by atoms with Crippen LogP contribution in [0.1, 0.15) is 24.7 Å². The highest BCUT2D eigenvalue weighted by atomic mass is 15.1. The lowest BCUT2D eigenvalue weighted by molar-refractivity contribution is 0.588. The first-order valence-electron chi connectivity index (χ1n) is 7.17. The zero-order valence-electron chi connectivity index (χ0n) is 12.6. The van der Waals surface area contributed by atoms with Crippen molar-refractivity contribution in [3.8, 4) is 0 Å². The second kappa shape index (κ2) is 7.10. The normalized spacial score (nSPS) is 10.8. The maximum atomic E-state index is 4.40. The molecule has 0 saturated carbocycles. The van der Waals surface area contributed by atoms with Crippen LogP contribution in [0.25, 0.3) is 0 Å². The van der Waals surface area contributed by atoms with Gasteiger partial charge in [-0.25, -0.2) is 4.98 Å². The fraction of sp³-hybridized carbons (Fsp3) is 0.438. The van der Waals surface area contributed by atoms with Crippen LogP contribution in [0.3, 0.4) is 0 Å². The highest BCUT2D eigenvalue weighted by Gasteiger charge is 2.01. The fourth-order valence-corrected chi connectivity index (χ4v) is 2.18. The summed E-state index contributed by atoms with van der Waals surface area (Å²) in [7, 11) is 4.11. The SMILES string of the molecule is CCCn1ccnc1CNCc1ccc(N(C)C)cc1. The molecular weight excluding hydrogens is 248 g/mol. The molecule has 20 heavy (non-hydrogen) atoms. The lowest BCUT2D eigenvalue weighted by Gasteiger charge is -2.13. The van der Waals surface area contributed by atoms with Gasteiger partial charge in [0.25, 0.3) is 0 Å². The molecule has 1 aromatic carbocycles. The Hall–Kier alpha value is -1.81. The molecule has 2 rings (SSSR count). The molecule has 0 bridgehead atoms. The molecule has 0 radical (unpaired) electrons. The van der Waals surface area contributed by atoms with Gasteiger partial charge in [0.15, 0.2) is 0 Å². The van der Waals surface area contributed by atoms with E-state index in [1.54, 1.807) is 0 Å². The van der Waals surface area contributed by atoms with Crippen molar-refractivity contribution in [1.82, 2.24) is 14.9 Å². The predicted octanol–water partition coefficient (Wildman–Crippen LogP) is 2.65. The molecule has 0 unspecified atom stereocenters. The molecule has 1 N–H and O–H groups in total. The van der Waals surface area contributed by atoms with Gasteiger partial charge in [-0.3, -0.25) is 0 Å². The summed E-state index contributed by atoms with van der Waals surface area (Å²) in [5.74, 6) is 1.11. The van der Waals surface area contributed by atoms with Gasteiger partial charge >= 0.3 is 0 Å². The summed E-state index contributed by atoms with van der Waals surface area (Å²) in [6, 6.07) is 8.63. The van der Waals surface area contributed by atoms with Gasteiger partial charge in [-0.05, 0) is 24.1 Å². The lowest BCUT2D eigenvalue weighted by atomic mass is 10.2. The Morgan fingerprint density at radius 2 is 1.90 bits per heavy atom. The summed E-state index contributed by atoms with van der Waals surface area (Å²) in [5, 5.41) is 3.45. The Bertz CT molecular complexity index is 514. The Morgan fingerprint density at radius 1 is 1.15 bits per heavy atom. The van der Waals surface area contributed by atoms with Crippen molar-refractivity contribution >= 4 is 5.69 Å². The molecular formula is C16H24N4. The largest absolute Gasteiger partial charge is 0.378 e. The van der Waals surface area contributed by atoms with E-state index in [0.717, 1.165) is 31.9 Å². The molecule has 0 amide bonds. The van der Waals surface area contributed by atoms with Crippen LogP contribution in [0.15, 0.2) is 36.7 Å². The van der Waals surface area contributed by atoms with Crippen LogP contribution >= 0.6 is 0 Å². The van der Waals surface area contributed by atoms with Crippen LogP contribution in [-0.4, -0.2) is 23.6 Å². The summed E-state index contributed by atoms with van der Waals surface area (Å²) in [6.07, 6.45) is 5.06. The second-order valence-corrected chi connectivity index (χ2v) is 5.20. The third kappa shape index (κ3) is 3.84. The van der Waals surface area contributed by atoms with Crippen LogP contribution in [-0.2, 0) is 19.6 Å². The summed E-state index contributed by atoms with van der Waals surface area (Å²) in [4.78, 5) is 6.51. The minimum Gasteiger partial charge on any atom is -0.378 e. The summed E-state index contributed by atoms with van der Waals surface area (Å²) in [6.45, 7) is 4.90. The van der Waals surface area contributed by atoms with Gasteiger partial charge in [0.2, 0.25) is 0 Å². The Labute approximate surface area is 121 Å². The second-order valence-electron chi connectivity index (χ2n) is 5.20. The number of nitrogens with one attached hydrogen (secondary N) is 1. The highest BCUT2D eigenvalue weighted by molar-refractivity contribution is 5.45. The molecule has 0 saturated heterocycles. The Balaban J connectivity index is 1.84. The summed E-state index contributed by atoms with van der Waals surface area (Å²) in [5.41, 5.74) is 2.52. The average Bonchev–Trinajstić information content (AvgIpc) is 2.87. The first-order valence-corrected chi connectivity index (χ1v) is 7.17. The molecule has 4 nitrogen and oxygen atoms in total. The Morgan fingerprint density at radius 3 is 2.55 bits per heavy atom. The van der Waals surface area contributed by atoms with E-state index in [2.05, 4.69) is 65.1 Å². The van der Waals surface area contributed by atoms with Crippen LogP contribution < -0.4 is 10.2 Å². The van der Waals surface area contributed by atoms with E-state index in [9.17, 15) is 0 Å². The van der Waals surface area contributed by atoms with Gasteiger partial charge < -0.3 is 14.8 Å². The molecule has 0 spiro atoms. The monoisotopic (exact) mass is 272 g/mol. The number of rotatable bonds is 7. The van der Waals surface area contributed by atoms with Gasteiger partial charge in [-0.2, -0.15) is 0 Å². The van der Waals surface area contributed by atoms with Crippen molar-refractivity contribution in [2.45, 2.75) is 33.0 Å². The molecule has 0 aliphatic carbocycles. The van der Waals surface area contributed by atoms with Crippen LogP contribution in [0.2, 0.25) is 0 Å². The minimum absolute atomic E-state index is 0.808. The van der Waals surface area contributed by atoms with Crippen molar-refractivity contribution in [3.05, 3.63) is 48.0 Å².